The van der Waals surface area contributed by atoms with Crippen molar-refractivity contribution < 1.29 is 4.74 Å². The number of aryl methyl sites for hydroxylation is 1. The van der Waals surface area contributed by atoms with Gasteiger partial charge in [0.25, 0.3) is 0 Å². The minimum Gasteiger partial charge on any atom is -0.380 e. The van der Waals surface area contributed by atoms with E-state index in [1.54, 1.807) is 6.33 Å². The summed E-state index contributed by atoms with van der Waals surface area (Å²) in [6.07, 6.45) is 4.09. The molecule has 2 aromatic heterocycles. The molecule has 5 rings (SSSR count). The first-order chi connectivity index (χ1) is 12.5. The van der Waals surface area contributed by atoms with Crippen molar-refractivity contribution >= 4 is 27.4 Å². The van der Waals surface area contributed by atoms with Crippen molar-refractivity contribution in [2.24, 2.45) is 10.8 Å². The van der Waals surface area contributed by atoms with Crippen molar-refractivity contribution in [1.82, 2.24) is 14.9 Å². The summed E-state index contributed by atoms with van der Waals surface area (Å²) in [7, 11) is 0. The van der Waals surface area contributed by atoms with E-state index in [2.05, 4.69) is 46.6 Å². The lowest BCUT2D eigenvalue weighted by atomic mass is 9.73. The predicted octanol–water partition coefficient (Wildman–Crippen LogP) is 3.19. The fourth-order valence-corrected chi connectivity index (χ4v) is 5.82. The molecule has 0 N–H and O–H groups in total. The van der Waals surface area contributed by atoms with E-state index in [4.69, 9.17) is 4.74 Å². The van der Waals surface area contributed by atoms with E-state index in [1.165, 1.54) is 29.8 Å². The Balaban J connectivity index is 1.31. The summed E-state index contributed by atoms with van der Waals surface area (Å²) in [5.74, 6) is 1.15. The molecule has 5 heterocycles. The smallest absolute Gasteiger partial charge is 0.140 e. The van der Waals surface area contributed by atoms with Crippen LogP contribution in [0.25, 0.3) is 10.2 Å². The number of anilines is 1. The van der Waals surface area contributed by atoms with Crippen molar-refractivity contribution in [3.8, 4) is 0 Å². The molecular formula is C20H28N4OS. The maximum absolute atomic E-state index is 5.47. The van der Waals surface area contributed by atoms with Crippen LogP contribution in [0.4, 0.5) is 5.82 Å². The number of aromatic nitrogens is 2. The molecule has 6 heteroatoms. The van der Waals surface area contributed by atoms with Crippen LogP contribution in [0.3, 0.4) is 0 Å². The average molecular weight is 373 g/mol. The van der Waals surface area contributed by atoms with Crippen LogP contribution in [0.15, 0.2) is 12.4 Å². The number of hydrogen-bond donors (Lipinski definition) is 0. The minimum absolute atomic E-state index is 0.353. The molecule has 2 aromatic rings. The Morgan fingerprint density at radius 2 is 2.08 bits per heavy atom. The van der Waals surface area contributed by atoms with E-state index in [0.29, 0.717) is 16.9 Å². The van der Waals surface area contributed by atoms with E-state index >= 15 is 0 Å². The monoisotopic (exact) mass is 372 g/mol. The molecule has 0 bridgehead atoms. The van der Waals surface area contributed by atoms with Gasteiger partial charge in [-0.05, 0) is 25.8 Å². The Bertz CT molecular complexity index is 824. The fourth-order valence-electron chi connectivity index (χ4n) is 4.89. The van der Waals surface area contributed by atoms with Gasteiger partial charge in [-0.3, -0.25) is 4.90 Å². The highest BCUT2D eigenvalue weighted by Gasteiger charge is 2.53. The van der Waals surface area contributed by atoms with Crippen LogP contribution < -0.4 is 4.90 Å². The normalized spacial score (nSPS) is 25.4. The summed E-state index contributed by atoms with van der Waals surface area (Å²) in [5, 5.41) is 1.25. The summed E-state index contributed by atoms with van der Waals surface area (Å²) in [6, 6.07) is 2.91. The first-order valence-electron chi connectivity index (χ1n) is 9.82. The predicted molar refractivity (Wildman–Crippen MR) is 106 cm³/mol. The third kappa shape index (κ3) is 2.49. The molecule has 3 saturated heterocycles. The highest BCUT2D eigenvalue weighted by Crippen LogP contribution is 2.46. The summed E-state index contributed by atoms with van der Waals surface area (Å²) in [6.45, 7) is 13.5. The number of hydrogen-bond acceptors (Lipinski definition) is 6. The number of thiophene rings is 1. The van der Waals surface area contributed by atoms with Gasteiger partial charge in [-0.15, -0.1) is 11.3 Å². The third-order valence-electron chi connectivity index (χ3n) is 6.94. The van der Waals surface area contributed by atoms with Crippen LogP contribution in [0, 0.1) is 10.8 Å². The number of rotatable bonds is 4. The van der Waals surface area contributed by atoms with Crippen LogP contribution in [0.5, 0.6) is 0 Å². The SMILES string of the molecule is CCc1cc2c(N3CCC4(C3)CN(C(C)C3(C)COC3)C4)ncnc2s1. The topological polar surface area (TPSA) is 41.5 Å². The molecule has 26 heavy (non-hydrogen) atoms. The van der Waals surface area contributed by atoms with Crippen molar-refractivity contribution in [2.75, 3.05) is 44.3 Å². The summed E-state index contributed by atoms with van der Waals surface area (Å²) >= 11 is 1.81. The maximum Gasteiger partial charge on any atom is 0.140 e. The molecule has 0 radical (unpaired) electrons. The average Bonchev–Trinajstić information content (AvgIpc) is 3.21. The zero-order valence-electron chi connectivity index (χ0n) is 16.0. The van der Waals surface area contributed by atoms with Gasteiger partial charge in [-0.1, -0.05) is 13.8 Å². The molecule has 5 nitrogen and oxygen atoms in total. The Hall–Kier alpha value is -1.24. The number of ether oxygens (including phenoxy) is 1. The molecule has 3 aliphatic heterocycles. The van der Waals surface area contributed by atoms with Crippen LogP contribution >= 0.6 is 11.3 Å². The van der Waals surface area contributed by atoms with E-state index in [9.17, 15) is 0 Å². The highest BCUT2D eigenvalue weighted by atomic mass is 32.1. The third-order valence-corrected chi connectivity index (χ3v) is 8.13. The van der Waals surface area contributed by atoms with Gasteiger partial charge in [0, 0.05) is 47.9 Å². The van der Waals surface area contributed by atoms with Crippen molar-refractivity contribution in [1.29, 1.82) is 0 Å². The van der Waals surface area contributed by atoms with E-state index in [0.717, 1.165) is 43.4 Å². The van der Waals surface area contributed by atoms with Gasteiger partial charge >= 0.3 is 0 Å². The second-order valence-electron chi connectivity index (χ2n) is 8.88. The van der Waals surface area contributed by atoms with Crippen LogP contribution in [-0.2, 0) is 11.2 Å². The molecule has 0 amide bonds. The van der Waals surface area contributed by atoms with Crippen molar-refractivity contribution in [3.63, 3.8) is 0 Å². The zero-order valence-corrected chi connectivity index (χ0v) is 16.8. The van der Waals surface area contributed by atoms with Crippen LogP contribution in [-0.4, -0.2) is 60.3 Å². The molecule has 0 aromatic carbocycles. The van der Waals surface area contributed by atoms with E-state index < -0.39 is 0 Å². The zero-order chi connectivity index (χ0) is 17.9. The van der Waals surface area contributed by atoms with Crippen LogP contribution in [0.1, 0.15) is 32.1 Å². The van der Waals surface area contributed by atoms with Gasteiger partial charge in [-0.25, -0.2) is 9.97 Å². The van der Waals surface area contributed by atoms with E-state index in [-0.39, 0.29) is 0 Å². The number of likely N-dealkylation sites (tertiary alicyclic amines) is 1. The first kappa shape index (κ1) is 16.9. The Morgan fingerprint density at radius 3 is 2.77 bits per heavy atom. The van der Waals surface area contributed by atoms with E-state index in [1.807, 2.05) is 11.3 Å². The number of nitrogens with zero attached hydrogens (tertiary/aromatic N) is 4. The van der Waals surface area contributed by atoms with Crippen molar-refractivity contribution in [3.05, 3.63) is 17.3 Å². The van der Waals surface area contributed by atoms with Gasteiger partial charge in [0.05, 0.1) is 18.6 Å². The van der Waals surface area contributed by atoms with Gasteiger partial charge in [0.1, 0.15) is 17.0 Å². The molecule has 3 fully saturated rings. The van der Waals surface area contributed by atoms with Crippen LogP contribution in [0.2, 0.25) is 0 Å². The standard InChI is InChI=1S/C20H28N4OS/c1-4-15-7-16-17(21-13-22-18(16)26-15)23-6-5-20(8-23)9-24(10-20)14(2)19(3)11-25-12-19/h7,13-14H,4-6,8-12H2,1-3H3. The first-order valence-corrected chi connectivity index (χ1v) is 10.6. The molecule has 0 aliphatic carbocycles. The molecule has 140 valence electrons. The lowest BCUT2D eigenvalue weighted by Gasteiger charge is -2.57. The van der Waals surface area contributed by atoms with Gasteiger partial charge in [-0.2, -0.15) is 0 Å². The maximum atomic E-state index is 5.47. The highest BCUT2D eigenvalue weighted by molar-refractivity contribution is 7.18. The molecule has 1 unspecified atom stereocenters. The Labute approximate surface area is 159 Å². The largest absolute Gasteiger partial charge is 0.380 e. The molecular weight excluding hydrogens is 344 g/mol. The Morgan fingerprint density at radius 1 is 1.27 bits per heavy atom. The lowest BCUT2D eigenvalue weighted by molar-refractivity contribution is -0.164. The fraction of sp³-hybridized carbons (Fsp3) is 0.700. The molecule has 1 spiro atoms. The molecule has 1 atom stereocenters. The summed E-state index contributed by atoms with van der Waals surface area (Å²) < 4.78 is 5.47. The summed E-state index contributed by atoms with van der Waals surface area (Å²) in [4.78, 5) is 16.9. The lowest BCUT2D eigenvalue weighted by Crippen LogP contribution is -2.66. The number of fused-ring (bicyclic) bond motifs is 1. The second kappa shape index (κ2) is 5.88. The minimum atomic E-state index is 0.353. The molecule has 3 aliphatic rings. The second-order valence-corrected chi connectivity index (χ2v) is 10.00. The van der Waals surface area contributed by atoms with Gasteiger partial charge in [0.2, 0.25) is 0 Å². The van der Waals surface area contributed by atoms with Gasteiger partial charge < -0.3 is 9.64 Å². The Kier molecular flexibility index (Phi) is 3.82. The van der Waals surface area contributed by atoms with Gasteiger partial charge in [0.15, 0.2) is 0 Å². The quantitative estimate of drug-likeness (QED) is 0.824. The molecule has 0 saturated carbocycles. The van der Waals surface area contributed by atoms with Crippen molar-refractivity contribution in [2.45, 2.75) is 39.7 Å². The summed E-state index contributed by atoms with van der Waals surface area (Å²) in [5.41, 5.74) is 0.808.